The second-order valence-electron chi connectivity index (χ2n) is 4.70. The number of nitrogens with zero attached hydrogens (tertiary/aromatic N) is 2. The summed E-state index contributed by atoms with van der Waals surface area (Å²) in [6.45, 7) is 3.60. The van der Waals surface area contributed by atoms with E-state index in [4.69, 9.17) is 17.1 Å². The third-order valence-corrected chi connectivity index (χ3v) is 3.46. The van der Waals surface area contributed by atoms with E-state index in [-0.39, 0.29) is 17.4 Å². The summed E-state index contributed by atoms with van der Waals surface area (Å²) in [6, 6.07) is 7.66. The highest BCUT2D eigenvalue weighted by molar-refractivity contribution is 6.37. The first kappa shape index (κ1) is 15.6. The first-order valence-electron chi connectivity index (χ1n) is 6.55. The molecule has 0 heterocycles. The van der Waals surface area contributed by atoms with Crippen LogP contribution in [0.25, 0.3) is 5.53 Å². The maximum atomic E-state index is 12.0. The van der Waals surface area contributed by atoms with Crippen molar-refractivity contribution in [3.8, 4) is 0 Å². The maximum Gasteiger partial charge on any atom is 0.331 e. The summed E-state index contributed by atoms with van der Waals surface area (Å²) in [7, 11) is 0. The topological polar surface area (TPSA) is 53.5 Å². The van der Waals surface area contributed by atoms with Gasteiger partial charge in [-0.3, -0.25) is 4.79 Å². The average Bonchev–Trinajstić information content (AvgIpc) is 2.43. The highest BCUT2D eigenvalue weighted by Gasteiger charge is 2.24. The van der Waals surface area contributed by atoms with Gasteiger partial charge in [-0.1, -0.05) is 37.1 Å². The van der Waals surface area contributed by atoms with Gasteiger partial charge < -0.3 is 5.53 Å². The summed E-state index contributed by atoms with van der Waals surface area (Å²) in [5.41, 5.74) is 10.0. The van der Waals surface area contributed by atoms with E-state index in [2.05, 4.69) is 4.79 Å². The van der Waals surface area contributed by atoms with Gasteiger partial charge in [0.05, 0.1) is 0 Å². The first-order valence-corrected chi connectivity index (χ1v) is 6.93. The third-order valence-electron chi connectivity index (χ3n) is 3.21. The molecule has 1 rings (SSSR count). The summed E-state index contributed by atoms with van der Waals surface area (Å²) in [5, 5.41) is 0.716. The molecule has 3 nitrogen and oxygen atoms in total. The molecule has 1 atom stereocenters. The molecule has 0 saturated carbocycles. The van der Waals surface area contributed by atoms with Crippen LogP contribution in [0.4, 0.5) is 0 Å². The normalized spacial score (nSPS) is 11.7. The number of rotatable bonds is 7. The van der Waals surface area contributed by atoms with E-state index in [0.29, 0.717) is 5.02 Å². The van der Waals surface area contributed by atoms with Crippen molar-refractivity contribution in [1.29, 1.82) is 0 Å². The van der Waals surface area contributed by atoms with Gasteiger partial charge in [0.15, 0.2) is 0 Å². The summed E-state index contributed by atoms with van der Waals surface area (Å²) < 4.78 is 0. The lowest BCUT2D eigenvalue weighted by molar-refractivity contribution is -0.121. The standard InChI is InChI=1S/C15H19ClN2O/c1-3-4-13(15(19)11(2)18-17)8-5-12-6-9-14(16)10-7-12/h6-7,9-10,13H,3-5,8H2,1-2H3. The molecule has 4 heteroatoms. The monoisotopic (exact) mass is 278 g/mol. The molecule has 0 aromatic heterocycles. The van der Waals surface area contributed by atoms with Crippen molar-refractivity contribution in [3.05, 3.63) is 40.4 Å². The summed E-state index contributed by atoms with van der Waals surface area (Å²) in [4.78, 5) is 15.0. The van der Waals surface area contributed by atoms with Crippen molar-refractivity contribution in [2.75, 3.05) is 0 Å². The van der Waals surface area contributed by atoms with Gasteiger partial charge >= 0.3 is 5.71 Å². The van der Waals surface area contributed by atoms with Crippen LogP contribution in [0.3, 0.4) is 0 Å². The Balaban J connectivity index is 2.66. The lowest BCUT2D eigenvalue weighted by Gasteiger charge is -2.12. The molecule has 0 aliphatic heterocycles. The van der Waals surface area contributed by atoms with Crippen LogP contribution in [0.5, 0.6) is 0 Å². The molecule has 1 unspecified atom stereocenters. The summed E-state index contributed by atoms with van der Waals surface area (Å²) >= 11 is 5.84. The Kier molecular flexibility index (Phi) is 6.48. The zero-order valence-corrected chi connectivity index (χ0v) is 12.2. The van der Waals surface area contributed by atoms with Crippen LogP contribution >= 0.6 is 11.6 Å². The Labute approximate surface area is 119 Å². The molecule has 0 amide bonds. The van der Waals surface area contributed by atoms with Gasteiger partial charge in [-0.2, -0.15) is 4.79 Å². The highest BCUT2D eigenvalue weighted by atomic mass is 35.5. The molecule has 0 fully saturated rings. The minimum Gasteiger partial charge on any atom is -0.361 e. The molecule has 19 heavy (non-hydrogen) atoms. The van der Waals surface area contributed by atoms with Gasteiger partial charge in [-0.15, -0.1) is 0 Å². The zero-order chi connectivity index (χ0) is 14.3. The number of aryl methyl sites for hydroxylation is 1. The number of carbonyl (C=O) groups is 1. The van der Waals surface area contributed by atoms with Gasteiger partial charge in [-0.25, -0.2) is 0 Å². The van der Waals surface area contributed by atoms with Crippen molar-refractivity contribution < 1.29 is 9.58 Å². The summed E-state index contributed by atoms with van der Waals surface area (Å²) in [6.07, 6.45) is 3.35. The minimum atomic E-state index is -0.0726. The van der Waals surface area contributed by atoms with Gasteiger partial charge in [0.1, 0.15) is 0 Å². The molecular weight excluding hydrogens is 260 g/mol. The molecule has 0 aliphatic rings. The fraction of sp³-hybridized carbons (Fsp3) is 0.467. The number of ketones is 1. The largest absolute Gasteiger partial charge is 0.361 e. The fourth-order valence-corrected chi connectivity index (χ4v) is 2.22. The first-order chi connectivity index (χ1) is 9.08. The zero-order valence-electron chi connectivity index (χ0n) is 11.4. The Hall–Kier alpha value is -1.44. The van der Waals surface area contributed by atoms with Crippen LogP contribution in [-0.2, 0) is 11.2 Å². The predicted molar refractivity (Wildman–Crippen MR) is 77.5 cm³/mol. The van der Waals surface area contributed by atoms with E-state index >= 15 is 0 Å². The fourth-order valence-electron chi connectivity index (χ4n) is 2.09. The molecule has 0 bridgehead atoms. The molecular formula is C15H19ClN2O. The quantitative estimate of drug-likeness (QED) is 0.423. The van der Waals surface area contributed by atoms with Crippen molar-refractivity contribution in [1.82, 2.24) is 0 Å². The van der Waals surface area contributed by atoms with Crippen LogP contribution in [0, 0.1) is 5.92 Å². The Morgan fingerprint density at radius 1 is 1.32 bits per heavy atom. The predicted octanol–water partition coefficient (Wildman–Crippen LogP) is 3.95. The van der Waals surface area contributed by atoms with Crippen molar-refractivity contribution in [3.63, 3.8) is 0 Å². The second-order valence-corrected chi connectivity index (χ2v) is 5.14. The Bertz CT molecular complexity index is 475. The number of halogens is 1. The van der Waals surface area contributed by atoms with Crippen LogP contribution in [0.1, 0.15) is 38.7 Å². The Morgan fingerprint density at radius 3 is 2.47 bits per heavy atom. The number of carbonyl (C=O) groups excluding carboxylic acids is 1. The van der Waals surface area contributed by atoms with Crippen LogP contribution in [0.15, 0.2) is 24.3 Å². The molecule has 1 aromatic carbocycles. The van der Waals surface area contributed by atoms with Gasteiger partial charge in [0.2, 0.25) is 5.78 Å². The molecule has 102 valence electrons. The van der Waals surface area contributed by atoms with Gasteiger partial charge in [-0.05, 0) is 37.0 Å². The van der Waals surface area contributed by atoms with E-state index in [1.54, 1.807) is 6.92 Å². The van der Waals surface area contributed by atoms with E-state index < -0.39 is 0 Å². The van der Waals surface area contributed by atoms with Gasteiger partial charge in [0, 0.05) is 17.9 Å². The Morgan fingerprint density at radius 2 is 1.95 bits per heavy atom. The number of hydrogen-bond donors (Lipinski definition) is 0. The molecule has 0 radical (unpaired) electrons. The molecule has 0 saturated heterocycles. The lowest BCUT2D eigenvalue weighted by atomic mass is 9.90. The van der Waals surface area contributed by atoms with E-state index in [1.807, 2.05) is 31.2 Å². The SMILES string of the molecule is CCCC(CCc1ccc(Cl)cc1)C(=O)C(C)=[N+]=[N-]. The summed E-state index contributed by atoms with van der Waals surface area (Å²) in [5.74, 6) is -0.130. The highest BCUT2D eigenvalue weighted by Crippen LogP contribution is 2.18. The lowest BCUT2D eigenvalue weighted by Crippen LogP contribution is -2.23. The van der Waals surface area contributed by atoms with Crippen LogP contribution in [0.2, 0.25) is 5.02 Å². The molecule has 1 aromatic rings. The minimum absolute atomic E-state index is 0.0571. The van der Waals surface area contributed by atoms with E-state index in [0.717, 1.165) is 31.2 Å². The van der Waals surface area contributed by atoms with Crippen molar-refractivity contribution in [2.45, 2.75) is 39.5 Å². The number of Topliss-reactive ketones (excluding diaryl/α,β-unsaturated/α-hetero) is 1. The van der Waals surface area contributed by atoms with E-state index in [1.165, 1.54) is 0 Å². The number of hydrogen-bond acceptors (Lipinski definition) is 1. The molecule has 0 N–H and O–H groups in total. The van der Waals surface area contributed by atoms with Gasteiger partial charge in [0.25, 0.3) is 0 Å². The second kappa shape index (κ2) is 7.88. The van der Waals surface area contributed by atoms with Crippen LogP contribution < -0.4 is 0 Å². The van der Waals surface area contributed by atoms with Crippen molar-refractivity contribution in [2.24, 2.45) is 5.92 Å². The molecule has 0 aliphatic carbocycles. The van der Waals surface area contributed by atoms with E-state index in [9.17, 15) is 4.79 Å². The number of benzene rings is 1. The maximum absolute atomic E-state index is 12.0. The molecule has 0 spiro atoms. The van der Waals surface area contributed by atoms with Crippen molar-refractivity contribution >= 4 is 23.1 Å². The smallest absolute Gasteiger partial charge is 0.331 e. The third kappa shape index (κ3) is 4.98. The average molecular weight is 279 g/mol. The van der Waals surface area contributed by atoms with Crippen LogP contribution in [-0.4, -0.2) is 16.3 Å².